The quantitative estimate of drug-likeness (QED) is 0.927. The standard InChI is InChI=1S/C13H14BrN3O/c1-8-6-10(14)7-9(2)12(8)16-13(18)11-4-5-15-17(11)3/h4-7H,1-3H3,(H,16,18). The number of benzene rings is 1. The smallest absolute Gasteiger partial charge is 0.273 e. The van der Waals surface area contributed by atoms with Crippen LogP contribution in [-0.2, 0) is 7.05 Å². The Morgan fingerprint density at radius 2 is 1.94 bits per heavy atom. The average Bonchev–Trinajstić information content (AvgIpc) is 2.69. The van der Waals surface area contributed by atoms with Crippen molar-refractivity contribution < 1.29 is 4.79 Å². The van der Waals surface area contributed by atoms with Crippen LogP contribution in [0.5, 0.6) is 0 Å². The monoisotopic (exact) mass is 307 g/mol. The molecule has 1 amide bonds. The first kappa shape index (κ1) is 12.8. The first-order valence-electron chi connectivity index (χ1n) is 5.55. The molecule has 94 valence electrons. The lowest BCUT2D eigenvalue weighted by Crippen LogP contribution is -2.17. The van der Waals surface area contributed by atoms with Gasteiger partial charge in [-0.05, 0) is 43.2 Å². The molecule has 2 aromatic rings. The zero-order valence-electron chi connectivity index (χ0n) is 10.5. The van der Waals surface area contributed by atoms with Crippen molar-refractivity contribution in [1.82, 2.24) is 9.78 Å². The lowest BCUT2D eigenvalue weighted by molar-refractivity contribution is 0.101. The van der Waals surface area contributed by atoms with E-state index in [0.717, 1.165) is 21.3 Å². The van der Waals surface area contributed by atoms with E-state index in [1.54, 1.807) is 24.0 Å². The molecule has 0 spiro atoms. The molecular formula is C13H14BrN3O. The fourth-order valence-corrected chi connectivity index (χ4v) is 2.57. The minimum Gasteiger partial charge on any atom is -0.320 e. The second-order valence-electron chi connectivity index (χ2n) is 4.21. The van der Waals surface area contributed by atoms with Gasteiger partial charge in [-0.25, -0.2) is 0 Å². The number of aromatic nitrogens is 2. The van der Waals surface area contributed by atoms with E-state index in [9.17, 15) is 4.79 Å². The number of carbonyl (C=O) groups excluding carboxylic acids is 1. The first-order chi connectivity index (χ1) is 8.49. The third kappa shape index (κ3) is 2.46. The second-order valence-corrected chi connectivity index (χ2v) is 5.12. The predicted octanol–water partition coefficient (Wildman–Crippen LogP) is 3.05. The molecule has 0 radical (unpaired) electrons. The van der Waals surface area contributed by atoms with Crippen molar-refractivity contribution >= 4 is 27.5 Å². The Labute approximate surface area is 114 Å². The highest BCUT2D eigenvalue weighted by Crippen LogP contribution is 2.25. The lowest BCUT2D eigenvalue weighted by atomic mass is 10.1. The number of amides is 1. The summed E-state index contributed by atoms with van der Waals surface area (Å²) in [4.78, 5) is 12.1. The Morgan fingerprint density at radius 3 is 2.44 bits per heavy atom. The number of anilines is 1. The van der Waals surface area contributed by atoms with E-state index in [4.69, 9.17) is 0 Å². The van der Waals surface area contributed by atoms with Crippen molar-refractivity contribution in [2.45, 2.75) is 13.8 Å². The predicted molar refractivity (Wildman–Crippen MR) is 74.8 cm³/mol. The van der Waals surface area contributed by atoms with Crippen LogP contribution in [0.15, 0.2) is 28.9 Å². The Hall–Kier alpha value is -1.62. The molecule has 0 aliphatic rings. The molecule has 1 aromatic carbocycles. The van der Waals surface area contributed by atoms with E-state index in [1.807, 2.05) is 26.0 Å². The summed E-state index contributed by atoms with van der Waals surface area (Å²) in [7, 11) is 1.75. The van der Waals surface area contributed by atoms with Gasteiger partial charge in [0.1, 0.15) is 5.69 Å². The van der Waals surface area contributed by atoms with Crippen molar-refractivity contribution in [3.63, 3.8) is 0 Å². The molecule has 1 N–H and O–H groups in total. The number of nitrogens with zero attached hydrogens (tertiary/aromatic N) is 2. The van der Waals surface area contributed by atoms with E-state index in [0.29, 0.717) is 5.69 Å². The van der Waals surface area contributed by atoms with Crippen molar-refractivity contribution in [2.75, 3.05) is 5.32 Å². The molecule has 5 heteroatoms. The average molecular weight is 308 g/mol. The van der Waals surface area contributed by atoms with Crippen LogP contribution in [0.25, 0.3) is 0 Å². The lowest BCUT2D eigenvalue weighted by Gasteiger charge is -2.12. The van der Waals surface area contributed by atoms with Gasteiger partial charge in [0.2, 0.25) is 0 Å². The zero-order valence-corrected chi connectivity index (χ0v) is 12.1. The summed E-state index contributed by atoms with van der Waals surface area (Å²) in [6.45, 7) is 3.94. The highest BCUT2D eigenvalue weighted by molar-refractivity contribution is 9.10. The fraction of sp³-hybridized carbons (Fsp3) is 0.231. The van der Waals surface area contributed by atoms with Gasteiger partial charge in [-0.1, -0.05) is 15.9 Å². The summed E-state index contributed by atoms with van der Waals surface area (Å²) >= 11 is 3.44. The summed E-state index contributed by atoms with van der Waals surface area (Å²) < 4.78 is 2.56. The maximum Gasteiger partial charge on any atom is 0.273 e. The number of hydrogen-bond donors (Lipinski definition) is 1. The molecule has 0 saturated heterocycles. The molecule has 0 unspecified atom stereocenters. The molecule has 0 aliphatic carbocycles. The van der Waals surface area contributed by atoms with E-state index < -0.39 is 0 Å². The zero-order chi connectivity index (χ0) is 13.3. The van der Waals surface area contributed by atoms with Gasteiger partial charge in [0, 0.05) is 23.4 Å². The number of halogens is 1. The summed E-state index contributed by atoms with van der Waals surface area (Å²) in [5.41, 5.74) is 3.44. The van der Waals surface area contributed by atoms with Gasteiger partial charge in [0.15, 0.2) is 0 Å². The molecule has 0 bridgehead atoms. The Kier molecular flexibility index (Phi) is 3.52. The Morgan fingerprint density at radius 1 is 1.33 bits per heavy atom. The van der Waals surface area contributed by atoms with Gasteiger partial charge >= 0.3 is 0 Å². The normalized spacial score (nSPS) is 10.4. The SMILES string of the molecule is Cc1cc(Br)cc(C)c1NC(=O)c1ccnn1C. The van der Waals surface area contributed by atoms with Crippen molar-refractivity contribution in [2.24, 2.45) is 7.05 Å². The summed E-state index contributed by atoms with van der Waals surface area (Å²) in [6, 6.07) is 5.65. The van der Waals surface area contributed by atoms with E-state index in [2.05, 4.69) is 26.3 Å². The number of rotatable bonds is 2. The molecule has 18 heavy (non-hydrogen) atoms. The van der Waals surface area contributed by atoms with Gasteiger partial charge in [-0.2, -0.15) is 5.10 Å². The molecule has 2 rings (SSSR count). The van der Waals surface area contributed by atoms with Crippen LogP contribution in [0.4, 0.5) is 5.69 Å². The topological polar surface area (TPSA) is 46.9 Å². The third-order valence-corrected chi connectivity index (χ3v) is 3.25. The van der Waals surface area contributed by atoms with Crippen molar-refractivity contribution in [3.8, 4) is 0 Å². The van der Waals surface area contributed by atoms with Gasteiger partial charge < -0.3 is 5.32 Å². The van der Waals surface area contributed by atoms with Crippen LogP contribution in [-0.4, -0.2) is 15.7 Å². The highest BCUT2D eigenvalue weighted by Gasteiger charge is 2.13. The van der Waals surface area contributed by atoms with Crippen LogP contribution in [0.1, 0.15) is 21.6 Å². The van der Waals surface area contributed by atoms with Crippen molar-refractivity contribution in [3.05, 3.63) is 45.7 Å². The van der Waals surface area contributed by atoms with E-state index >= 15 is 0 Å². The minimum atomic E-state index is -0.150. The molecule has 4 nitrogen and oxygen atoms in total. The fourth-order valence-electron chi connectivity index (χ4n) is 1.88. The summed E-state index contributed by atoms with van der Waals surface area (Å²) in [6.07, 6.45) is 1.61. The Balaban J connectivity index is 2.31. The first-order valence-corrected chi connectivity index (χ1v) is 6.34. The summed E-state index contributed by atoms with van der Waals surface area (Å²) in [5.74, 6) is -0.150. The van der Waals surface area contributed by atoms with E-state index in [1.165, 1.54) is 0 Å². The van der Waals surface area contributed by atoms with Crippen LogP contribution in [0.3, 0.4) is 0 Å². The molecule has 0 fully saturated rings. The van der Waals surface area contributed by atoms with Crippen molar-refractivity contribution in [1.29, 1.82) is 0 Å². The number of carbonyl (C=O) groups is 1. The molecule has 0 atom stereocenters. The molecule has 1 heterocycles. The highest BCUT2D eigenvalue weighted by atomic mass is 79.9. The minimum absolute atomic E-state index is 0.150. The van der Waals surface area contributed by atoms with Crippen LogP contribution in [0.2, 0.25) is 0 Å². The molecule has 0 aliphatic heterocycles. The van der Waals surface area contributed by atoms with Gasteiger partial charge in [-0.15, -0.1) is 0 Å². The van der Waals surface area contributed by atoms with Gasteiger partial charge in [0.05, 0.1) is 0 Å². The Bertz CT molecular complexity index is 581. The van der Waals surface area contributed by atoms with Gasteiger partial charge in [-0.3, -0.25) is 9.48 Å². The van der Waals surface area contributed by atoms with Crippen LogP contribution >= 0.6 is 15.9 Å². The number of nitrogens with one attached hydrogen (secondary N) is 1. The molecular weight excluding hydrogens is 294 g/mol. The maximum atomic E-state index is 12.1. The largest absolute Gasteiger partial charge is 0.320 e. The molecule has 1 aromatic heterocycles. The molecule has 0 saturated carbocycles. The number of hydrogen-bond acceptors (Lipinski definition) is 2. The van der Waals surface area contributed by atoms with Crippen LogP contribution < -0.4 is 5.32 Å². The van der Waals surface area contributed by atoms with E-state index in [-0.39, 0.29) is 5.91 Å². The number of aryl methyl sites for hydroxylation is 3. The van der Waals surface area contributed by atoms with Crippen LogP contribution in [0, 0.1) is 13.8 Å². The summed E-state index contributed by atoms with van der Waals surface area (Å²) in [5, 5.41) is 6.91. The third-order valence-electron chi connectivity index (χ3n) is 2.79. The maximum absolute atomic E-state index is 12.1. The second kappa shape index (κ2) is 4.94. The van der Waals surface area contributed by atoms with Gasteiger partial charge in [0.25, 0.3) is 5.91 Å².